The minimum Gasteiger partial charge on any atom is -0.452 e. The lowest BCUT2D eigenvalue weighted by Crippen LogP contribution is -2.23. The van der Waals surface area contributed by atoms with Crippen LogP contribution >= 0.6 is 0 Å². The van der Waals surface area contributed by atoms with Crippen LogP contribution in [0.4, 0.5) is 5.69 Å². The lowest BCUT2D eigenvalue weighted by atomic mass is 10.1. The van der Waals surface area contributed by atoms with Gasteiger partial charge in [-0.1, -0.05) is 24.3 Å². The molecule has 0 aliphatic carbocycles. The second-order valence-corrected chi connectivity index (χ2v) is 5.99. The first kappa shape index (κ1) is 17.4. The Labute approximate surface area is 149 Å². The summed E-state index contributed by atoms with van der Waals surface area (Å²) in [5.74, 6) is -1.39. The predicted octanol–water partition coefficient (Wildman–Crippen LogP) is 3.21. The van der Waals surface area contributed by atoms with Crippen LogP contribution in [0.5, 0.6) is 0 Å². The first-order chi connectivity index (χ1) is 12.4. The van der Waals surface area contributed by atoms with Gasteiger partial charge in [-0.3, -0.25) is 4.79 Å². The summed E-state index contributed by atoms with van der Waals surface area (Å²) in [6, 6.07) is 13.8. The first-order valence-electron chi connectivity index (χ1n) is 8.00. The number of nitrogens with one attached hydrogen (secondary N) is 1. The van der Waals surface area contributed by atoms with Gasteiger partial charge in [-0.05, 0) is 49.2 Å². The van der Waals surface area contributed by atoms with Gasteiger partial charge in [-0.25, -0.2) is 9.59 Å². The molecule has 0 unspecified atom stereocenters. The van der Waals surface area contributed by atoms with Crippen LogP contribution in [0, 0.1) is 13.8 Å². The van der Waals surface area contributed by atoms with Crippen molar-refractivity contribution in [3.63, 3.8) is 0 Å². The van der Waals surface area contributed by atoms with Crippen molar-refractivity contribution < 1.29 is 18.7 Å². The minimum absolute atomic E-state index is 0.247. The van der Waals surface area contributed by atoms with Gasteiger partial charge in [-0.2, -0.15) is 0 Å². The molecule has 0 aliphatic rings. The highest BCUT2D eigenvalue weighted by Gasteiger charge is 2.16. The summed E-state index contributed by atoms with van der Waals surface area (Å²) in [4.78, 5) is 36.0. The highest BCUT2D eigenvalue weighted by molar-refractivity contribution is 5.96. The van der Waals surface area contributed by atoms with Crippen LogP contribution in [-0.2, 0) is 9.53 Å². The van der Waals surface area contributed by atoms with E-state index < -0.39 is 24.1 Å². The maximum absolute atomic E-state index is 12.1. The molecule has 6 nitrogen and oxygen atoms in total. The molecule has 0 saturated heterocycles. The van der Waals surface area contributed by atoms with Crippen LogP contribution < -0.4 is 10.9 Å². The Bertz CT molecular complexity index is 1030. The van der Waals surface area contributed by atoms with Crippen LogP contribution in [0.15, 0.2) is 57.7 Å². The first-order valence-corrected chi connectivity index (χ1v) is 8.00. The minimum atomic E-state index is -0.903. The number of anilines is 1. The van der Waals surface area contributed by atoms with Crippen LogP contribution in [-0.4, -0.2) is 18.5 Å². The normalized spacial score (nSPS) is 10.5. The second-order valence-electron chi connectivity index (χ2n) is 5.99. The Hall–Kier alpha value is -3.41. The smallest absolute Gasteiger partial charge is 0.351 e. The van der Waals surface area contributed by atoms with Crippen molar-refractivity contribution in [1.82, 2.24) is 0 Å². The van der Waals surface area contributed by atoms with E-state index in [-0.39, 0.29) is 5.56 Å². The lowest BCUT2D eigenvalue weighted by Gasteiger charge is -2.08. The van der Waals surface area contributed by atoms with Crippen molar-refractivity contribution in [3.8, 4) is 0 Å². The fourth-order valence-electron chi connectivity index (χ4n) is 2.66. The molecule has 0 atom stereocenters. The average Bonchev–Trinajstić information content (AvgIpc) is 2.58. The van der Waals surface area contributed by atoms with E-state index in [4.69, 9.17) is 9.15 Å². The number of fused-ring (bicyclic) bond motifs is 1. The standard InChI is InChI=1S/C20H17NO5/c1-12-7-13(2)9-15(8-12)21-18(22)11-25-19(23)16-10-14-5-3-4-6-17(14)26-20(16)24/h3-10H,11H2,1-2H3,(H,21,22). The Balaban J connectivity index is 1.67. The summed E-state index contributed by atoms with van der Waals surface area (Å²) in [5, 5.41) is 3.25. The van der Waals surface area contributed by atoms with Crippen molar-refractivity contribution in [3.05, 3.63) is 75.6 Å². The van der Waals surface area contributed by atoms with E-state index in [1.165, 1.54) is 6.07 Å². The van der Waals surface area contributed by atoms with Crippen LogP contribution in [0.25, 0.3) is 11.0 Å². The Kier molecular flexibility index (Phi) is 4.84. The number of benzene rings is 2. The van der Waals surface area contributed by atoms with Gasteiger partial charge in [0.25, 0.3) is 5.91 Å². The van der Waals surface area contributed by atoms with Gasteiger partial charge in [0.05, 0.1) is 0 Å². The third-order valence-corrected chi connectivity index (χ3v) is 3.70. The van der Waals surface area contributed by atoms with Gasteiger partial charge in [0.1, 0.15) is 11.1 Å². The van der Waals surface area contributed by atoms with Crippen molar-refractivity contribution in [2.45, 2.75) is 13.8 Å². The molecule has 1 heterocycles. The molecule has 132 valence electrons. The predicted molar refractivity (Wildman–Crippen MR) is 97.3 cm³/mol. The number of ether oxygens (including phenoxy) is 1. The van der Waals surface area contributed by atoms with E-state index in [2.05, 4.69) is 5.32 Å². The summed E-state index contributed by atoms with van der Waals surface area (Å²) < 4.78 is 10.0. The highest BCUT2D eigenvalue weighted by Crippen LogP contribution is 2.14. The van der Waals surface area contributed by atoms with Gasteiger partial charge in [0.2, 0.25) is 0 Å². The number of amides is 1. The van der Waals surface area contributed by atoms with Gasteiger partial charge in [0.15, 0.2) is 6.61 Å². The summed E-state index contributed by atoms with van der Waals surface area (Å²) >= 11 is 0. The van der Waals surface area contributed by atoms with E-state index in [0.29, 0.717) is 16.7 Å². The van der Waals surface area contributed by atoms with Gasteiger partial charge in [-0.15, -0.1) is 0 Å². The van der Waals surface area contributed by atoms with E-state index in [1.807, 2.05) is 32.0 Å². The monoisotopic (exact) mass is 351 g/mol. The largest absolute Gasteiger partial charge is 0.452 e. The third-order valence-electron chi connectivity index (χ3n) is 3.70. The number of hydrogen-bond acceptors (Lipinski definition) is 5. The zero-order valence-corrected chi connectivity index (χ0v) is 14.4. The zero-order valence-electron chi connectivity index (χ0n) is 14.4. The number of aryl methyl sites for hydroxylation is 2. The molecule has 1 N–H and O–H groups in total. The SMILES string of the molecule is Cc1cc(C)cc(NC(=O)COC(=O)c2cc3ccccc3oc2=O)c1. The number of para-hydroxylation sites is 1. The number of carbonyl (C=O) groups excluding carboxylic acids is 2. The number of carbonyl (C=O) groups is 2. The summed E-state index contributed by atoms with van der Waals surface area (Å²) in [7, 11) is 0. The molecule has 3 aromatic rings. The van der Waals surface area contributed by atoms with Gasteiger partial charge in [0, 0.05) is 11.1 Å². The Morgan fingerprint density at radius 3 is 2.46 bits per heavy atom. The van der Waals surface area contributed by atoms with Crippen LogP contribution in [0.3, 0.4) is 0 Å². The molecule has 0 aliphatic heterocycles. The maximum atomic E-state index is 12.1. The van der Waals surface area contributed by atoms with Crippen molar-refractivity contribution in [2.24, 2.45) is 0 Å². The van der Waals surface area contributed by atoms with Gasteiger partial charge >= 0.3 is 11.6 Å². The van der Waals surface area contributed by atoms with Crippen molar-refractivity contribution >= 4 is 28.5 Å². The van der Waals surface area contributed by atoms with E-state index >= 15 is 0 Å². The molecular weight excluding hydrogens is 334 g/mol. The third kappa shape index (κ3) is 3.97. The molecule has 0 bridgehead atoms. The second kappa shape index (κ2) is 7.23. The quantitative estimate of drug-likeness (QED) is 0.576. The van der Waals surface area contributed by atoms with Crippen LogP contribution in [0.1, 0.15) is 21.5 Å². The molecular formula is C20H17NO5. The van der Waals surface area contributed by atoms with Gasteiger partial charge < -0.3 is 14.5 Å². The van der Waals surface area contributed by atoms with E-state index in [1.54, 1.807) is 24.3 Å². The topological polar surface area (TPSA) is 85.6 Å². The Morgan fingerprint density at radius 1 is 1.04 bits per heavy atom. The van der Waals surface area contributed by atoms with E-state index in [0.717, 1.165) is 11.1 Å². The molecule has 3 rings (SSSR count). The zero-order chi connectivity index (χ0) is 18.7. The molecule has 26 heavy (non-hydrogen) atoms. The fourth-order valence-corrected chi connectivity index (χ4v) is 2.66. The Morgan fingerprint density at radius 2 is 1.73 bits per heavy atom. The molecule has 0 fully saturated rings. The molecule has 0 spiro atoms. The maximum Gasteiger partial charge on any atom is 0.351 e. The summed E-state index contributed by atoms with van der Waals surface area (Å²) in [6.45, 7) is 3.33. The van der Waals surface area contributed by atoms with Crippen molar-refractivity contribution in [1.29, 1.82) is 0 Å². The van der Waals surface area contributed by atoms with E-state index in [9.17, 15) is 14.4 Å². The molecule has 2 aromatic carbocycles. The molecule has 1 amide bonds. The number of rotatable bonds is 4. The summed E-state index contributed by atoms with van der Waals surface area (Å²) in [5.41, 5.74) is 1.96. The lowest BCUT2D eigenvalue weighted by molar-refractivity contribution is -0.119. The molecule has 6 heteroatoms. The molecule has 1 aromatic heterocycles. The fraction of sp³-hybridized carbons (Fsp3) is 0.150. The molecule has 0 radical (unpaired) electrons. The molecule has 0 saturated carbocycles. The number of esters is 1. The number of hydrogen-bond donors (Lipinski definition) is 1. The summed E-state index contributed by atoms with van der Waals surface area (Å²) in [6.07, 6.45) is 0. The van der Waals surface area contributed by atoms with Crippen molar-refractivity contribution in [2.75, 3.05) is 11.9 Å². The highest BCUT2D eigenvalue weighted by atomic mass is 16.5. The van der Waals surface area contributed by atoms with Crippen LogP contribution in [0.2, 0.25) is 0 Å². The average molecular weight is 351 g/mol.